The number of rotatable bonds is 4. The van der Waals surface area contributed by atoms with E-state index in [2.05, 4.69) is 20.8 Å². The standard InChI is InChI=1S/C19H13N5O5/c25-18(11-4-2-1-3-5-11)22-23-19(26)12-6-7-13-14(10-12)21-17(20-13)15-8-9-16(29-15)24(27)28/h1-10H,(H,20,21)(H,22,25)(H,23,26). The van der Waals surface area contributed by atoms with E-state index in [0.717, 1.165) is 0 Å². The molecule has 0 saturated carbocycles. The van der Waals surface area contributed by atoms with Gasteiger partial charge in [0.25, 0.3) is 11.8 Å². The zero-order chi connectivity index (χ0) is 20.4. The summed E-state index contributed by atoms with van der Waals surface area (Å²) in [7, 11) is 0. The van der Waals surface area contributed by atoms with Gasteiger partial charge in [0.15, 0.2) is 11.6 Å². The van der Waals surface area contributed by atoms with Gasteiger partial charge in [0, 0.05) is 11.1 Å². The number of nitro groups is 1. The number of fused-ring (bicyclic) bond motifs is 1. The van der Waals surface area contributed by atoms with Gasteiger partial charge >= 0.3 is 5.88 Å². The van der Waals surface area contributed by atoms with Crippen molar-refractivity contribution < 1.29 is 18.9 Å². The van der Waals surface area contributed by atoms with Crippen molar-refractivity contribution in [3.8, 4) is 11.6 Å². The number of imidazole rings is 1. The quantitative estimate of drug-likeness (QED) is 0.360. The van der Waals surface area contributed by atoms with E-state index in [-0.39, 0.29) is 11.3 Å². The molecule has 4 rings (SSSR count). The molecule has 0 aliphatic rings. The minimum absolute atomic E-state index is 0.203. The van der Waals surface area contributed by atoms with Gasteiger partial charge in [-0.2, -0.15) is 0 Å². The Bertz CT molecular complexity index is 1230. The molecule has 10 nitrogen and oxygen atoms in total. The van der Waals surface area contributed by atoms with Crippen LogP contribution in [-0.2, 0) is 0 Å². The summed E-state index contributed by atoms with van der Waals surface area (Å²) in [4.78, 5) is 41.7. The SMILES string of the molecule is O=C(NNC(=O)c1ccc2nc(-c3ccc([N+](=O)[O-])o3)[nH]c2c1)c1ccccc1. The van der Waals surface area contributed by atoms with E-state index < -0.39 is 22.6 Å². The van der Waals surface area contributed by atoms with Crippen LogP contribution in [0.5, 0.6) is 0 Å². The second-order valence-electron chi connectivity index (χ2n) is 5.99. The number of hydrazine groups is 1. The monoisotopic (exact) mass is 391 g/mol. The van der Waals surface area contributed by atoms with E-state index in [9.17, 15) is 19.7 Å². The lowest BCUT2D eigenvalue weighted by Gasteiger charge is -2.07. The molecule has 10 heteroatoms. The first kappa shape index (κ1) is 17.9. The molecule has 2 heterocycles. The van der Waals surface area contributed by atoms with Gasteiger partial charge in [-0.05, 0) is 36.4 Å². The first-order valence-electron chi connectivity index (χ1n) is 8.41. The highest BCUT2D eigenvalue weighted by molar-refractivity contribution is 6.00. The van der Waals surface area contributed by atoms with Gasteiger partial charge in [-0.1, -0.05) is 18.2 Å². The van der Waals surface area contributed by atoms with Gasteiger partial charge < -0.3 is 9.40 Å². The van der Waals surface area contributed by atoms with Crippen molar-refractivity contribution in [3.05, 3.63) is 81.9 Å². The molecule has 0 spiro atoms. The molecule has 2 aromatic carbocycles. The van der Waals surface area contributed by atoms with Gasteiger partial charge in [-0.15, -0.1) is 0 Å². The Labute approximate surface area is 162 Å². The third-order valence-corrected chi connectivity index (χ3v) is 4.07. The summed E-state index contributed by atoms with van der Waals surface area (Å²) in [5.74, 6) is -0.851. The van der Waals surface area contributed by atoms with Crippen LogP contribution in [0.25, 0.3) is 22.6 Å². The summed E-state index contributed by atoms with van der Waals surface area (Å²) in [6.07, 6.45) is 0. The average molecular weight is 391 g/mol. The van der Waals surface area contributed by atoms with Gasteiger partial charge in [-0.3, -0.25) is 30.6 Å². The normalized spacial score (nSPS) is 10.6. The minimum Gasteiger partial charge on any atom is -0.397 e. The van der Waals surface area contributed by atoms with E-state index in [1.54, 1.807) is 48.5 Å². The number of nitrogens with zero attached hydrogens (tertiary/aromatic N) is 2. The number of aromatic amines is 1. The molecule has 0 aliphatic heterocycles. The van der Waals surface area contributed by atoms with Gasteiger partial charge in [-0.25, -0.2) is 4.98 Å². The van der Waals surface area contributed by atoms with Crippen LogP contribution in [0.15, 0.2) is 65.1 Å². The fraction of sp³-hybridized carbons (Fsp3) is 0. The molecule has 0 radical (unpaired) electrons. The third-order valence-electron chi connectivity index (χ3n) is 4.07. The molecular weight excluding hydrogens is 378 g/mol. The van der Waals surface area contributed by atoms with E-state index >= 15 is 0 Å². The topological polar surface area (TPSA) is 143 Å². The molecule has 29 heavy (non-hydrogen) atoms. The lowest BCUT2D eigenvalue weighted by Crippen LogP contribution is -2.41. The van der Waals surface area contributed by atoms with Crippen molar-refractivity contribution in [2.75, 3.05) is 0 Å². The van der Waals surface area contributed by atoms with Crippen molar-refractivity contribution in [1.82, 2.24) is 20.8 Å². The number of carbonyl (C=O) groups is 2. The summed E-state index contributed by atoms with van der Waals surface area (Å²) in [6, 6.07) is 15.8. The van der Waals surface area contributed by atoms with E-state index in [1.807, 2.05) is 0 Å². The minimum atomic E-state index is -0.641. The molecule has 0 saturated heterocycles. The number of carbonyl (C=O) groups excluding carboxylic acids is 2. The lowest BCUT2D eigenvalue weighted by molar-refractivity contribution is -0.401. The first-order chi connectivity index (χ1) is 14.0. The molecule has 2 amide bonds. The highest BCUT2D eigenvalue weighted by atomic mass is 16.6. The summed E-state index contributed by atoms with van der Waals surface area (Å²) in [5.41, 5.74) is 6.47. The molecular formula is C19H13N5O5. The Kier molecular flexibility index (Phi) is 4.49. The fourth-order valence-corrected chi connectivity index (χ4v) is 2.67. The van der Waals surface area contributed by atoms with Crippen LogP contribution >= 0.6 is 0 Å². The Morgan fingerprint density at radius 2 is 1.69 bits per heavy atom. The largest absolute Gasteiger partial charge is 0.433 e. The number of hydrogen-bond acceptors (Lipinski definition) is 6. The second kappa shape index (κ2) is 7.27. The van der Waals surface area contributed by atoms with Crippen LogP contribution in [0.1, 0.15) is 20.7 Å². The zero-order valence-corrected chi connectivity index (χ0v) is 14.7. The molecule has 0 aliphatic carbocycles. The predicted octanol–water partition coefficient (Wildman–Crippen LogP) is 2.81. The van der Waals surface area contributed by atoms with Crippen molar-refractivity contribution in [2.45, 2.75) is 0 Å². The fourth-order valence-electron chi connectivity index (χ4n) is 2.67. The smallest absolute Gasteiger partial charge is 0.397 e. The maximum Gasteiger partial charge on any atom is 0.433 e. The van der Waals surface area contributed by atoms with Crippen LogP contribution in [0.3, 0.4) is 0 Å². The predicted molar refractivity (Wildman–Crippen MR) is 102 cm³/mol. The molecule has 0 unspecified atom stereocenters. The zero-order valence-electron chi connectivity index (χ0n) is 14.7. The van der Waals surface area contributed by atoms with Crippen molar-refractivity contribution in [3.63, 3.8) is 0 Å². The highest BCUT2D eigenvalue weighted by Crippen LogP contribution is 2.26. The van der Waals surface area contributed by atoms with Crippen LogP contribution in [0, 0.1) is 10.1 Å². The number of nitrogens with one attached hydrogen (secondary N) is 3. The molecule has 144 valence electrons. The highest BCUT2D eigenvalue weighted by Gasteiger charge is 2.16. The lowest BCUT2D eigenvalue weighted by atomic mass is 10.2. The summed E-state index contributed by atoms with van der Waals surface area (Å²) in [5, 5.41) is 10.7. The Hall–Kier alpha value is -4.47. The van der Waals surface area contributed by atoms with Gasteiger partial charge in [0.05, 0.1) is 17.1 Å². The van der Waals surface area contributed by atoms with Crippen LogP contribution in [0.2, 0.25) is 0 Å². The summed E-state index contributed by atoms with van der Waals surface area (Å²) < 4.78 is 5.13. The van der Waals surface area contributed by atoms with E-state index in [1.165, 1.54) is 12.1 Å². The van der Waals surface area contributed by atoms with Gasteiger partial charge in [0.1, 0.15) is 4.92 Å². The van der Waals surface area contributed by atoms with Crippen molar-refractivity contribution in [1.29, 1.82) is 0 Å². The number of furan rings is 1. The molecule has 2 aromatic heterocycles. The second-order valence-corrected chi connectivity index (χ2v) is 5.99. The first-order valence-corrected chi connectivity index (χ1v) is 8.41. The number of hydrogen-bond donors (Lipinski definition) is 3. The molecule has 4 aromatic rings. The van der Waals surface area contributed by atoms with Gasteiger partial charge in [0.2, 0.25) is 0 Å². The summed E-state index contributed by atoms with van der Waals surface area (Å²) in [6.45, 7) is 0. The summed E-state index contributed by atoms with van der Waals surface area (Å²) >= 11 is 0. The molecule has 3 N–H and O–H groups in total. The van der Waals surface area contributed by atoms with Crippen molar-refractivity contribution >= 4 is 28.7 Å². The number of amides is 2. The van der Waals surface area contributed by atoms with Crippen LogP contribution < -0.4 is 10.9 Å². The number of aromatic nitrogens is 2. The number of benzene rings is 2. The van der Waals surface area contributed by atoms with Crippen LogP contribution in [0.4, 0.5) is 5.88 Å². The Morgan fingerprint density at radius 3 is 2.38 bits per heavy atom. The maximum absolute atomic E-state index is 12.3. The van der Waals surface area contributed by atoms with E-state index in [4.69, 9.17) is 4.42 Å². The molecule has 0 atom stereocenters. The van der Waals surface area contributed by atoms with E-state index in [0.29, 0.717) is 22.4 Å². The maximum atomic E-state index is 12.3. The average Bonchev–Trinajstić information content (AvgIpc) is 3.38. The third kappa shape index (κ3) is 3.67. The van der Waals surface area contributed by atoms with Crippen LogP contribution in [-0.4, -0.2) is 26.7 Å². The molecule has 0 fully saturated rings. The molecule has 0 bridgehead atoms. The Morgan fingerprint density at radius 1 is 0.966 bits per heavy atom. The Balaban J connectivity index is 1.50. The number of H-pyrrole nitrogens is 1. The van der Waals surface area contributed by atoms with Crippen molar-refractivity contribution in [2.24, 2.45) is 0 Å².